The van der Waals surface area contributed by atoms with E-state index in [4.69, 9.17) is 9.47 Å². The number of Topliss-reactive ketones (excluding diaryl/α,β-unsaturated/α-hetero) is 1. The van der Waals surface area contributed by atoms with Gasteiger partial charge in [-0.1, -0.05) is 6.92 Å². The van der Waals surface area contributed by atoms with E-state index in [-0.39, 0.29) is 18.3 Å². The van der Waals surface area contributed by atoms with E-state index in [0.29, 0.717) is 30.0 Å². The summed E-state index contributed by atoms with van der Waals surface area (Å²) in [6, 6.07) is 14.0. The number of benzene rings is 2. The molecule has 2 rings (SSSR count). The summed E-state index contributed by atoms with van der Waals surface area (Å²) in [5.41, 5.74) is 1.31. The summed E-state index contributed by atoms with van der Waals surface area (Å²) in [5, 5.41) is 2.77. The van der Waals surface area contributed by atoms with Gasteiger partial charge in [0.25, 0.3) is 5.91 Å². The number of carbonyl (C=O) groups is 2. The highest BCUT2D eigenvalue weighted by Crippen LogP contribution is 2.16. The summed E-state index contributed by atoms with van der Waals surface area (Å²) in [6.07, 6.45) is 0.460. The fourth-order valence-electron chi connectivity index (χ4n) is 2.27. The summed E-state index contributed by atoms with van der Waals surface area (Å²) in [4.78, 5) is 25.6. The van der Waals surface area contributed by atoms with E-state index in [1.807, 2.05) is 38.1 Å². The summed E-state index contributed by atoms with van der Waals surface area (Å²) < 4.78 is 11.1. The lowest BCUT2D eigenvalue weighted by atomic mass is 10.1. The molecule has 0 unspecified atom stereocenters. The van der Waals surface area contributed by atoms with E-state index in [2.05, 4.69) is 5.32 Å². The third-order valence-corrected chi connectivity index (χ3v) is 3.81. The smallest absolute Gasteiger partial charge is 0.262 e. The number of hydrogen-bond donors (Lipinski definition) is 1. The van der Waals surface area contributed by atoms with Gasteiger partial charge in [0, 0.05) is 24.2 Å². The van der Waals surface area contributed by atoms with Crippen molar-refractivity contribution < 1.29 is 19.1 Å². The van der Waals surface area contributed by atoms with E-state index in [9.17, 15) is 9.59 Å². The van der Waals surface area contributed by atoms with Crippen molar-refractivity contribution in [3.05, 3.63) is 54.1 Å². The van der Waals surface area contributed by atoms with Crippen molar-refractivity contribution in [3.8, 4) is 11.5 Å². The molecule has 27 heavy (non-hydrogen) atoms. The van der Waals surface area contributed by atoms with Gasteiger partial charge in [-0.15, -0.1) is 0 Å². The highest BCUT2D eigenvalue weighted by molar-refractivity contribution is 5.96. The molecule has 0 aromatic heterocycles. The third kappa shape index (κ3) is 7.11. The summed E-state index contributed by atoms with van der Waals surface area (Å²) in [5.74, 6) is 1.12. The second-order valence-corrected chi connectivity index (χ2v) is 6.31. The lowest BCUT2D eigenvalue weighted by Gasteiger charge is -2.12. The number of amides is 1. The number of carbonyl (C=O) groups excluding carboxylic acids is 2. The predicted octanol–water partition coefficient (Wildman–Crippen LogP) is 3.24. The fourth-order valence-corrected chi connectivity index (χ4v) is 2.27. The largest absolute Gasteiger partial charge is 0.492 e. The molecular formula is C21H26N2O4. The predicted molar refractivity (Wildman–Crippen MR) is 106 cm³/mol. The Morgan fingerprint density at radius 1 is 0.926 bits per heavy atom. The van der Waals surface area contributed by atoms with Gasteiger partial charge >= 0.3 is 0 Å². The summed E-state index contributed by atoms with van der Waals surface area (Å²) in [6.45, 7) is 3.15. The molecule has 1 amide bonds. The number of hydrogen-bond acceptors (Lipinski definition) is 5. The van der Waals surface area contributed by atoms with Crippen molar-refractivity contribution >= 4 is 17.4 Å². The van der Waals surface area contributed by atoms with Crippen LogP contribution in [0.3, 0.4) is 0 Å². The zero-order chi connectivity index (χ0) is 19.6. The third-order valence-electron chi connectivity index (χ3n) is 3.81. The first-order chi connectivity index (χ1) is 13.0. The van der Waals surface area contributed by atoms with Crippen LogP contribution in [-0.2, 0) is 4.79 Å². The Morgan fingerprint density at radius 3 is 2.11 bits per heavy atom. The first kappa shape index (κ1) is 20.5. The maximum atomic E-state index is 12.0. The normalized spacial score (nSPS) is 10.5. The molecule has 2 aromatic rings. The van der Waals surface area contributed by atoms with Gasteiger partial charge in [-0.25, -0.2) is 0 Å². The van der Waals surface area contributed by atoms with Gasteiger partial charge in [0.2, 0.25) is 0 Å². The maximum Gasteiger partial charge on any atom is 0.262 e. The zero-order valence-corrected chi connectivity index (χ0v) is 16.0. The van der Waals surface area contributed by atoms with E-state index in [0.717, 1.165) is 12.3 Å². The monoisotopic (exact) mass is 370 g/mol. The molecule has 0 atom stereocenters. The van der Waals surface area contributed by atoms with Gasteiger partial charge in [0.15, 0.2) is 12.4 Å². The molecule has 0 aliphatic carbocycles. The number of anilines is 1. The van der Waals surface area contributed by atoms with Crippen molar-refractivity contribution in [2.24, 2.45) is 0 Å². The van der Waals surface area contributed by atoms with Crippen LogP contribution in [0.4, 0.5) is 5.69 Å². The second kappa shape index (κ2) is 10.3. The Bertz CT molecular complexity index is 740. The van der Waals surface area contributed by atoms with E-state index in [1.165, 1.54) is 0 Å². The number of ketones is 1. The minimum absolute atomic E-state index is 0.0773. The molecule has 0 saturated carbocycles. The van der Waals surface area contributed by atoms with Crippen LogP contribution in [0, 0.1) is 0 Å². The molecule has 1 N–H and O–H groups in total. The van der Waals surface area contributed by atoms with Crippen LogP contribution in [0.15, 0.2) is 48.5 Å². The number of likely N-dealkylation sites (N-methyl/N-ethyl adjacent to an activating group) is 1. The van der Waals surface area contributed by atoms with Gasteiger partial charge in [-0.05, 0) is 62.6 Å². The molecule has 0 aliphatic heterocycles. The zero-order valence-electron chi connectivity index (χ0n) is 16.0. The van der Waals surface area contributed by atoms with Gasteiger partial charge < -0.3 is 19.7 Å². The Morgan fingerprint density at radius 2 is 1.52 bits per heavy atom. The quantitative estimate of drug-likeness (QED) is 0.651. The van der Waals surface area contributed by atoms with Gasteiger partial charge in [0.05, 0.1) is 0 Å². The molecule has 0 spiro atoms. The van der Waals surface area contributed by atoms with Crippen LogP contribution < -0.4 is 14.8 Å². The highest BCUT2D eigenvalue weighted by atomic mass is 16.5. The topological polar surface area (TPSA) is 67.9 Å². The second-order valence-electron chi connectivity index (χ2n) is 6.31. The molecule has 2 aromatic carbocycles. The number of nitrogens with one attached hydrogen (secondary N) is 1. The van der Waals surface area contributed by atoms with Crippen LogP contribution in [0.2, 0.25) is 0 Å². The highest BCUT2D eigenvalue weighted by Gasteiger charge is 2.06. The van der Waals surface area contributed by atoms with Gasteiger partial charge in [0.1, 0.15) is 18.1 Å². The lowest BCUT2D eigenvalue weighted by molar-refractivity contribution is -0.118. The van der Waals surface area contributed by atoms with Crippen LogP contribution >= 0.6 is 0 Å². The number of ether oxygens (including phenoxy) is 2. The average molecular weight is 370 g/mol. The lowest BCUT2D eigenvalue weighted by Crippen LogP contribution is -2.20. The van der Waals surface area contributed by atoms with Crippen molar-refractivity contribution in [2.75, 3.05) is 39.2 Å². The van der Waals surface area contributed by atoms with E-state index >= 15 is 0 Å². The minimum atomic E-state index is -0.259. The Balaban J connectivity index is 1.77. The molecule has 144 valence electrons. The first-order valence-electron chi connectivity index (χ1n) is 8.91. The standard InChI is InChI=1S/C21H26N2O4/c1-4-20(24)16-5-9-19(10-6-16)27-15-21(25)22-17-7-11-18(12-8-17)26-14-13-23(2)3/h5-12H,4,13-15H2,1-3H3,(H,22,25). The van der Waals surface area contributed by atoms with Crippen LogP contribution in [-0.4, -0.2) is 50.4 Å². The minimum Gasteiger partial charge on any atom is -0.492 e. The molecule has 0 aliphatic rings. The Kier molecular flexibility index (Phi) is 7.82. The first-order valence-corrected chi connectivity index (χ1v) is 8.91. The van der Waals surface area contributed by atoms with E-state index in [1.54, 1.807) is 36.4 Å². The summed E-state index contributed by atoms with van der Waals surface area (Å²) in [7, 11) is 3.98. The van der Waals surface area contributed by atoms with Crippen molar-refractivity contribution in [2.45, 2.75) is 13.3 Å². The molecule has 0 bridgehead atoms. The summed E-state index contributed by atoms with van der Waals surface area (Å²) >= 11 is 0. The fraction of sp³-hybridized carbons (Fsp3) is 0.333. The molecule has 0 saturated heterocycles. The molecule has 0 heterocycles. The van der Waals surface area contributed by atoms with E-state index < -0.39 is 0 Å². The molecule has 0 radical (unpaired) electrons. The van der Waals surface area contributed by atoms with Gasteiger partial charge in [-0.3, -0.25) is 9.59 Å². The molecule has 6 heteroatoms. The van der Waals surface area contributed by atoms with Crippen molar-refractivity contribution in [1.29, 1.82) is 0 Å². The molecule has 6 nitrogen and oxygen atoms in total. The maximum absolute atomic E-state index is 12.0. The Labute approximate surface area is 160 Å². The SMILES string of the molecule is CCC(=O)c1ccc(OCC(=O)Nc2ccc(OCCN(C)C)cc2)cc1. The van der Waals surface area contributed by atoms with Crippen molar-refractivity contribution in [3.63, 3.8) is 0 Å². The molecule has 0 fully saturated rings. The Hall–Kier alpha value is -2.86. The average Bonchev–Trinajstić information content (AvgIpc) is 2.67. The number of rotatable bonds is 10. The van der Waals surface area contributed by atoms with Gasteiger partial charge in [-0.2, -0.15) is 0 Å². The van der Waals surface area contributed by atoms with Crippen LogP contribution in [0.5, 0.6) is 11.5 Å². The van der Waals surface area contributed by atoms with Crippen molar-refractivity contribution in [1.82, 2.24) is 4.90 Å². The van der Waals surface area contributed by atoms with Crippen LogP contribution in [0.1, 0.15) is 23.7 Å². The number of nitrogens with zero attached hydrogens (tertiary/aromatic N) is 1. The molecular weight excluding hydrogens is 344 g/mol. The van der Waals surface area contributed by atoms with Crippen LogP contribution in [0.25, 0.3) is 0 Å².